The van der Waals surface area contributed by atoms with E-state index < -0.39 is 0 Å². The van der Waals surface area contributed by atoms with Gasteiger partial charge in [0.1, 0.15) is 24.8 Å². The first-order valence-electron chi connectivity index (χ1n) is 29.6. The number of aliphatic hydroxyl groups excluding tert-OH is 1. The SMILES string of the molecule is C[C@@H]1CC[C@@]2(C)[C@H](CC(=O)[C@@H]3[C@@H]2CC[C@]2(C)[C@@H]([C@H](C)CCCC(=O)OCc4ccccc4)CC[C@@H]32)C1.C[C@H](CCCC(=O)OCc1ccccc1)[C@H]1CC[C@H]2[C@@H]3C(=O)C[C@@H]4C[C@H](O)CC[C@]4(C)[C@H]3CC[C@]12C. The third kappa shape index (κ3) is 10.6. The molecule has 0 radical (unpaired) electrons. The first-order valence-corrected chi connectivity index (χ1v) is 29.6. The highest BCUT2D eigenvalue weighted by atomic mass is 16.5. The van der Waals surface area contributed by atoms with Gasteiger partial charge in [-0.15, -0.1) is 0 Å². The van der Waals surface area contributed by atoms with E-state index in [2.05, 4.69) is 48.5 Å². The Bertz CT molecular complexity index is 2040. The van der Waals surface area contributed by atoms with Crippen LogP contribution in [0.2, 0.25) is 0 Å². The van der Waals surface area contributed by atoms with Crippen LogP contribution in [0.3, 0.4) is 0 Å². The molecule has 0 heterocycles. The molecule has 72 heavy (non-hydrogen) atoms. The van der Waals surface area contributed by atoms with Crippen molar-refractivity contribution in [2.75, 3.05) is 0 Å². The van der Waals surface area contributed by atoms with E-state index in [0.29, 0.717) is 115 Å². The summed E-state index contributed by atoms with van der Waals surface area (Å²) in [5.41, 5.74) is 3.21. The van der Waals surface area contributed by atoms with Crippen molar-refractivity contribution in [3.63, 3.8) is 0 Å². The van der Waals surface area contributed by atoms with Gasteiger partial charge in [-0.2, -0.15) is 0 Å². The highest BCUT2D eigenvalue weighted by molar-refractivity contribution is 5.84. The second-order valence-electron chi connectivity index (χ2n) is 27.0. The van der Waals surface area contributed by atoms with E-state index >= 15 is 0 Å². The topological polar surface area (TPSA) is 107 Å². The number of fused-ring (bicyclic) bond motifs is 10. The van der Waals surface area contributed by atoms with E-state index in [1.807, 2.05) is 60.7 Å². The zero-order chi connectivity index (χ0) is 51.0. The molecule has 18 atom stereocenters. The number of hydrogen-bond acceptors (Lipinski definition) is 7. The van der Waals surface area contributed by atoms with Crippen molar-refractivity contribution in [1.29, 1.82) is 0 Å². The van der Waals surface area contributed by atoms with Gasteiger partial charge in [0.2, 0.25) is 0 Å². The predicted octanol–water partition coefficient (Wildman–Crippen LogP) is 14.7. The van der Waals surface area contributed by atoms with Gasteiger partial charge >= 0.3 is 11.9 Å². The first kappa shape index (κ1) is 53.5. The molecule has 0 bridgehead atoms. The third-order valence-corrected chi connectivity index (χ3v) is 23.3. The number of Topliss-reactive ketones (excluding diaryl/α,β-unsaturated/α-hetero) is 2. The smallest absolute Gasteiger partial charge is 0.306 e. The minimum absolute atomic E-state index is 0.0838. The van der Waals surface area contributed by atoms with E-state index in [1.165, 1.54) is 70.6 Å². The number of carbonyl (C=O) groups is 4. The quantitative estimate of drug-likeness (QED) is 0.188. The van der Waals surface area contributed by atoms with Crippen LogP contribution in [0.1, 0.15) is 201 Å². The molecular formula is C65H94O7. The fourth-order valence-corrected chi connectivity index (χ4v) is 19.2. The standard InChI is InChI=1S/C33H48O3.C32H46O4/c1-22-15-17-32(3)25(19-22)20-29(34)31-27-14-13-26(33(27,4)18-16-28(31)32)23(2)9-8-12-30(35)36-21-24-10-6-5-7-11-24;1-21(8-7-11-29(35)36-20-22-9-5-4-6-10-22)25-12-13-26-30-27(15-17-32(25,26)3)31(2)16-14-24(33)18-23(31)19-28(30)34/h5-7,10-11,22-23,25-28,31H,8-9,12-21H2,1-4H3;4-6,9-10,21,23-27,30,33H,7-8,11-20H2,1-3H3/t22-,23-,25+,26-,27+,28+,31+,32+,33-;21-,23+,24-,25-,26+,27+,30+,31+,32-/m11/s1. The average Bonchev–Trinajstić information content (AvgIpc) is 3.91. The summed E-state index contributed by atoms with van der Waals surface area (Å²) in [7, 11) is 0. The Morgan fingerprint density at radius 3 is 1.42 bits per heavy atom. The Morgan fingerprint density at radius 1 is 0.556 bits per heavy atom. The fraction of sp³-hybridized carbons (Fsp3) is 0.754. The van der Waals surface area contributed by atoms with Crippen molar-refractivity contribution in [2.45, 2.75) is 209 Å². The van der Waals surface area contributed by atoms with Crippen molar-refractivity contribution in [2.24, 2.45) is 98.6 Å². The number of ether oxygens (including phenoxy) is 2. The summed E-state index contributed by atoms with van der Waals surface area (Å²) in [6.07, 6.45) is 22.8. The maximum absolute atomic E-state index is 13.7. The number of ketones is 2. The number of aliphatic hydroxyl groups is 1. The molecule has 8 fully saturated rings. The van der Waals surface area contributed by atoms with Crippen LogP contribution in [0.5, 0.6) is 0 Å². The van der Waals surface area contributed by atoms with Crippen LogP contribution >= 0.6 is 0 Å². The van der Waals surface area contributed by atoms with E-state index in [0.717, 1.165) is 68.4 Å². The Kier molecular flexibility index (Phi) is 16.4. The number of benzene rings is 2. The Labute approximate surface area is 434 Å². The van der Waals surface area contributed by atoms with E-state index in [4.69, 9.17) is 9.47 Å². The molecule has 8 aliphatic rings. The summed E-state index contributed by atoms with van der Waals surface area (Å²) in [5, 5.41) is 10.3. The predicted molar refractivity (Wildman–Crippen MR) is 285 cm³/mol. The maximum atomic E-state index is 13.7. The summed E-state index contributed by atoms with van der Waals surface area (Å²) < 4.78 is 11.0. The lowest BCUT2D eigenvalue weighted by Gasteiger charge is -2.60. The molecular weight excluding hydrogens is 893 g/mol. The average molecular weight is 987 g/mol. The summed E-state index contributed by atoms with van der Waals surface area (Å²) in [6, 6.07) is 19.8. The molecule has 10 rings (SSSR count). The molecule has 8 aliphatic carbocycles. The van der Waals surface area contributed by atoms with Crippen LogP contribution in [0, 0.1) is 98.6 Å². The molecule has 0 aliphatic heterocycles. The van der Waals surface area contributed by atoms with Gasteiger partial charge < -0.3 is 14.6 Å². The van der Waals surface area contributed by atoms with Crippen LogP contribution < -0.4 is 0 Å². The van der Waals surface area contributed by atoms with Crippen molar-refractivity contribution in [3.8, 4) is 0 Å². The van der Waals surface area contributed by atoms with Crippen LogP contribution in [0.4, 0.5) is 0 Å². The molecule has 2 aromatic rings. The second kappa shape index (κ2) is 22.1. The van der Waals surface area contributed by atoms with Gasteiger partial charge in [0.05, 0.1) is 6.10 Å². The molecule has 396 valence electrons. The number of esters is 2. The van der Waals surface area contributed by atoms with Crippen molar-refractivity contribution in [1.82, 2.24) is 0 Å². The summed E-state index contributed by atoms with van der Waals surface area (Å²) in [4.78, 5) is 51.8. The molecule has 0 saturated heterocycles. The van der Waals surface area contributed by atoms with Crippen LogP contribution in [0.15, 0.2) is 60.7 Å². The van der Waals surface area contributed by atoms with E-state index in [9.17, 15) is 24.3 Å². The minimum atomic E-state index is -0.214. The monoisotopic (exact) mass is 987 g/mol. The zero-order valence-electron chi connectivity index (χ0n) is 45.7. The largest absolute Gasteiger partial charge is 0.461 e. The van der Waals surface area contributed by atoms with Crippen molar-refractivity contribution < 1.29 is 33.8 Å². The van der Waals surface area contributed by atoms with Crippen molar-refractivity contribution >= 4 is 23.5 Å². The van der Waals surface area contributed by atoms with Gasteiger partial charge in [-0.25, -0.2) is 0 Å². The lowest BCUT2D eigenvalue weighted by atomic mass is 9.43. The zero-order valence-corrected chi connectivity index (χ0v) is 45.7. The first-order chi connectivity index (χ1) is 34.4. The molecule has 0 aromatic heterocycles. The lowest BCUT2D eigenvalue weighted by Crippen LogP contribution is -2.57. The normalized spacial score (nSPS) is 40.6. The Balaban J connectivity index is 0.000000178. The summed E-state index contributed by atoms with van der Waals surface area (Å²) in [6.45, 7) is 17.9. The second-order valence-corrected chi connectivity index (χ2v) is 27.0. The molecule has 8 saturated carbocycles. The van der Waals surface area contributed by atoms with Gasteiger partial charge in [-0.3, -0.25) is 19.2 Å². The summed E-state index contributed by atoms with van der Waals surface area (Å²) in [5.74, 6) is 7.91. The van der Waals surface area contributed by atoms with Crippen LogP contribution in [-0.4, -0.2) is 34.7 Å². The van der Waals surface area contributed by atoms with Crippen molar-refractivity contribution in [3.05, 3.63) is 71.8 Å². The van der Waals surface area contributed by atoms with E-state index in [-0.39, 0.29) is 40.2 Å². The molecule has 1 N–H and O–H groups in total. The molecule has 0 unspecified atom stereocenters. The number of carbonyl (C=O) groups excluding carboxylic acids is 4. The molecule has 0 amide bonds. The molecule has 2 aromatic carbocycles. The van der Waals surface area contributed by atoms with Gasteiger partial charge in [-0.1, -0.05) is 116 Å². The van der Waals surface area contributed by atoms with Gasteiger partial charge in [0.25, 0.3) is 0 Å². The molecule has 0 spiro atoms. The van der Waals surface area contributed by atoms with Gasteiger partial charge in [-0.05, 0) is 207 Å². The number of hydrogen-bond donors (Lipinski definition) is 1. The molecule has 7 nitrogen and oxygen atoms in total. The Hall–Kier alpha value is -3.32. The highest BCUT2D eigenvalue weighted by Crippen LogP contribution is 2.69. The van der Waals surface area contributed by atoms with Crippen LogP contribution in [-0.2, 0) is 41.9 Å². The van der Waals surface area contributed by atoms with E-state index in [1.54, 1.807) is 0 Å². The third-order valence-electron chi connectivity index (χ3n) is 23.3. The number of rotatable bonds is 14. The summed E-state index contributed by atoms with van der Waals surface area (Å²) >= 11 is 0. The maximum Gasteiger partial charge on any atom is 0.306 e. The molecule has 7 heteroatoms. The highest BCUT2D eigenvalue weighted by Gasteiger charge is 2.64. The Morgan fingerprint density at radius 2 is 0.958 bits per heavy atom. The van der Waals surface area contributed by atoms with Crippen LogP contribution in [0.25, 0.3) is 0 Å². The fourth-order valence-electron chi connectivity index (χ4n) is 19.2. The lowest BCUT2D eigenvalue weighted by molar-refractivity contribution is -0.161. The van der Waals surface area contributed by atoms with Gasteiger partial charge in [0.15, 0.2) is 0 Å². The minimum Gasteiger partial charge on any atom is -0.461 e. The van der Waals surface area contributed by atoms with Gasteiger partial charge in [0, 0.05) is 37.5 Å².